The highest BCUT2D eigenvalue weighted by Gasteiger charge is 2.26. The molecule has 2 aromatic rings. The molecule has 0 saturated carbocycles. The summed E-state index contributed by atoms with van der Waals surface area (Å²) in [6.07, 6.45) is 3.32. The van der Waals surface area contributed by atoms with Crippen LogP contribution in [0.2, 0.25) is 0 Å². The molecule has 0 bridgehead atoms. The fraction of sp³-hybridized carbons (Fsp3) is 0.421. The van der Waals surface area contributed by atoms with E-state index in [4.69, 9.17) is 9.15 Å². The van der Waals surface area contributed by atoms with Crippen molar-refractivity contribution >= 4 is 5.91 Å². The molecule has 0 unspecified atom stereocenters. The van der Waals surface area contributed by atoms with E-state index < -0.39 is 11.6 Å². The van der Waals surface area contributed by atoms with Crippen molar-refractivity contribution in [3.05, 3.63) is 53.5 Å². The molecule has 1 aromatic carbocycles. The van der Waals surface area contributed by atoms with E-state index in [2.05, 4.69) is 10.2 Å². The van der Waals surface area contributed by atoms with Crippen LogP contribution in [0, 0.1) is 17.6 Å². The van der Waals surface area contributed by atoms with Gasteiger partial charge in [-0.25, -0.2) is 4.39 Å². The maximum absolute atomic E-state index is 14.0. The van der Waals surface area contributed by atoms with Gasteiger partial charge in [-0.2, -0.15) is 4.39 Å². The van der Waals surface area contributed by atoms with Gasteiger partial charge >= 0.3 is 0 Å². The maximum Gasteiger partial charge on any atom is 0.224 e. The molecule has 140 valence electrons. The predicted octanol–water partition coefficient (Wildman–Crippen LogP) is 3.09. The molecule has 1 aromatic heterocycles. The van der Waals surface area contributed by atoms with Crippen molar-refractivity contribution in [1.29, 1.82) is 0 Å². The van der Waals surface area contributed by atoms with Crippen LogP contribution in [0.5, 0.6) is 5.75 Å². The molecule has 26 heavy (non-hydrogen) atoms. The van der Waals surface area contributed by atoms with Gasteiger partial charge in [0.1, 0.15) is 5.76 Å². The van der Waals surface area contributed by atoms with Crippen LogP contribution in [0.1, 0.15) is 24.2 Å². The number of furan rings is 1. The summed E-state index contributed by atoms with van der Waals surface area (Å²) in [5.74, 6) is -1.65. The van der Waals surface area contributed by atoms with Crippen LogP contribution in [0.15, 0.2) is 34.9 Å². The Hall–Kier alpha value is -2.41. The Morgan fingerprint density at radius 2 is 2.19 bits per heavy atom. The standard InChI is InChI=1S/C19H22F2N2O3/c1-25-16-7-6-13(17(20)18(16)21)10-22-19(24)14-4-2-8-23(11-14)12-15-5-3-9-26-15/h3,5-7,9,14H,2,4,8,10-12H2,1H3,(H,22,24)/t14-/m0/s1. The molecule has 2 heterocycles. The van der Waals surface area contributed by atoms with Gasteiger partial charge < -0.3 is 14.5 Å². The molecular weight excluding hydrogens is 342 g/mol. The average Bonchev–Trinajstić information content (AvgIpc) is 3.16. The number of methoxy groups -OCH3 is 1. The molecule has 0 spiro atoms. The summed E-state index contributed by atoms with van der Waals surface area (Å²) < 4.78 is 37.8. The molecule has 3 rings (SSSR count). The quantitative estimate of drug-likeness (QED) is 0.856. The topological polar surface area (TPSA) is 54.7 Å². The van der Waals surface area contributed by atoms with Crippen LogP contribution in [0.4, 0.5) is 8.78 Å². The zero-order valence-corrected chi connectivity index (χ0v) is 14.6. The summed E-state index contributed by atoms with van der Waals surface area (Å²) in [6.45, 7) is 2.13. The highest BCUT2D eigenvalue weighted by Crippen LogP contribution is 2.23. The third-order valence-electron chi connectivity index (χ3n) is 4.64. The van der Waals surface area contributed by atoms with Crippen molar-refractivity contribution in [2.24, 2.45) is 5.92 Å². The highest BCUT2D eigenvalue weighted by molar-refractivity contribution is 5.79. The van der Waals surface area contributed by atoms with E-state index in [0.717, 1.165) is 25.1 Å². The number of nitrogens with zero attached hydrogens (tertiary/aromatic N) is 1. The van der Waals surface area contributed by atoms with Crippen LogP contribution in [-0.2, 0) is 17.9 Å². The number of likely N-dealkylation sites (tertiary alicyclic amines) is 1. The normalized spacial score (nSPS) is 17.9. The van der Waals surface area contributed by atoms with Gasteiger partial charge in [0.25, 0.3) is 0 Å². The minimum absolute atomic E-state index is 0.0553. The first-order chi connectivity index (χ1) is 12.6. The molecule has 0 aliphatic carbocycles. The fourth-order valence-electron chi connectivity index (χ4n) is 3.23. The molecule has 7 heteroatoms. The van der Waals surface area contributed by atoms with Crippen LogP contribution in [0.25, 0.3) is 0 Å². The number of piperidine rings is 1. The molecule has 1 aliphatic rings. The molecule has 5 nitrogen and oxygen atoms in total. The molecule has 1 atom stereocenters. The fourth-order valence-corrected chi connectivity index (χ4v) is 3.23. The van der Waals surface area contributed by atoms with Gasteiger partial charge in [-0.3, -0.25) is 9.69 Å². The van der Waals surface area contributed by atoms with E-state index in [-0.39, 0.29) is 29.7 Å². The van der Waals surface area contributed by atoms with E-state index in [1.165, 1.54) is 19.2 Å². The second-order valence-electron chi connectivity index (χ2n) is 6.43. The first-order valence-electron chi connectivity index (χ1n) is 8.61. The van der Waals surface area contributed by atoms with Gasteiger partial charge in [-0.05, 0) is 37.6 Å². The maximum atomic E-state index is 14.0. The van der Waals surface area contributed by atoms with Gasteiger partial charge in [0.05, 0.1) is 25.8 Å². The van der Waals surface area contributed by atoms with E-state index in [0.29, 0.717) is 13.1 Å². The van der Waals surface area contributed by atoms with Crippen LogP contribution in [-0.4, -0.2) is 31.0 Å². The number of benzene rings is 1. The predicted molar refractivity (Wildman–Crippen MR) is 91.5 cm³/mol. The zero-order valence-electron chi connectivity index (χ0n) is 14.6. The number of amides is 1. The zero-order chi connectivity index (χ0) is 18.5. The average molecular weight is 364 g/mol. The van der Waals surface area contributed by atoms with Gasteiger partial charge in [0.2, 0.25) is 11.7 Å². The Morgan fingerprint density at radius 1 is 1.35 bits per heavy atom. The van der Waals surface area contributed by atoms with Crippen LogP contribution >= 0.6 is 0 Å². The minimum Gasteiger partial charge on any atom is -0.494 e. The van der Waals surface area contributed by atoms with E-state index in [1.807, 2.05) is 12.1 Å². The van der Waals surface area contributed by atoms with Crippen LogP contribution in [0.3, 0.4) is 0 Å². The smallest absolute Gasteiger partial charge is 0.224 e. The number of nitrogens with one attached hydrogen (secondary N) is 1. The van der Waals surface area contributed by atoms with E-state index >= 15 is 0 Å². The number of carbonyl (C=O) groups is 1. The van der Waals surface area contributed by atoms with Crippen molar-refractivity contribution in [2.45, 2.75) is 25.9 Å². The summed E-state index contributed by atoms with van der Waals surface area (Å²) in [7, 11) is 1.27. The number of hydrogen-bond acceptors (Lipinski definition) is 4. The first kappa shape index (κ1) is 18.4. The van der Waals surface area contributed by atoms with Gasteiger partial charge in [-0.15, -0.1) is 0 Å². The van der Waals surface area contributed by atoms with Crippen molar-refractivity contribution in [3.63, 3.8) is 0 Å². The molecule has 1 saturated heterocycles. The second kappa shape index (κ2) is 8.31. The van der Waals surface area contributed by atoms with Crippen molar-refractivity contribution < 1.29 is 22.7 Å². The Balaban J connectivity index is 1.55. The Morgan fingerprint density at radius 3 is 2.92 bits per heavy atom. The van der Waals surface area contributed by atoms with Crippen molar-refractivity contribution in [3.8, 4) is 5.75 Å². The summed E-state index contributed by atoms with van der Waals surface area (Å²) in [6, 6.07) is 6.52. The van der Waals surface area contributed by atoms with E-state index in [1.54, 1.807) is 6.26 Å². The monoisotopic (exact) mass is 364 g/mol. The Bertz CT molecular complexity index is 749. The Kier molecular flexibility index (Phi) is 5.88. The Labute approximate surface area is 150 Å². The third-order valence-corrected chi connectivity index (χ3v) is 4.64. The largest absolute Gasteiger partial charge is 0.494 e. The molecule has 1 aliphatic heterocycles. The number of halogens is 2. The lowest BCUT2D eigenvalue weighted by atomic mass is 9.97. The molecule has 1 fully saturated rings. The van der Waals surface area contributed by atoms with Gasteiger partial charge in [0.15, 0.2) is 11.6 Å². The number of ether oxygens (including phenoxy) is 1. The lowest BCUT2D eigenvalue weighted by Gasteiger charge is -2.31. The third kappa shape index (κ3) is 4.22. The molecular formula is C19H22F2N2O3. The highest BCUT2D eigenvalue weighted by atomic mass is 19.2. The summed E-state index contributed by atoms with van der Waals surface area (Å²) >= 11 is 0. The lowest BCUT2D eigenvalue weighted by molar-refractivity contribution is -0.127. The lowest BCUT2D eigenvalue weighted by Crippen LogP contribution is -2.42. The van der Waals surface area contributed by atoms with Crippen molar-refractivity contribution in [2.75, 3.05) is 20.2 Å². The van der Waals surface area contributed by atoms with Crippen molar-refractivity contribution in [1.82, 2.24) is 10.2 Å². The van der Waals surface area contributed by atoms with Gasteiger partial charge in [0, 0.05) is 18.7 Å². The van der Waals surface area contributed by atoms with Crippen LogP contribution < -0.4 is 10.1 Å². The number of hydrogen-bond donors (Lipinski definition) is 1. The van der Waals surface area contributed by atoms with E-state index in [9.17, 15) is 13.6 Å². The first-order valence-corrected chi connectivity index (χ1v) is 8.61. The SMILES string of the molecule is COc1ccc(CNC(=O)[C@H]2CCCN(Cc3ccco3)C2)c(F)c1F. The van der Waals surface area contributed by atoms with Gasteiger partial charge in [-0.1, -0.05) is 6.07 Å². The summed E-state index contributed by atoms with van der Waals surface area (Å²) in [4.78, 5) is 14.6. The number of carbonyl (C=O) groups excluding carboxylic acids is 1. The number of rotatable bonds is 6. The summed E-state index contributed by atoms with van der Waals surface area (Å²) in [5, 5.41) is 2.72. The molecule has 1 N–H and O–H groups in total. The molecule has 1 amide bonds. The second-order valence-corrected chi connectivity index (χ2v) is 6.43. The minimum atomic E-state index is -1.04. The summed E-state index contributed by atoms with van der Waals surface area (Å²) in [5.41, 5.74) is 0.0971. The molecule has 0 radical (unpaired) electrons.